The van der Waals surface area contributed by atoms with Gasteiger partial charge >= 0.3 is 0 Å². The quantitative estimate of drug-likeness (QED) is 0.726. The second-order valence-electron chi connectivity index (χ2n) is 3.35. The number of amides is 1. The maximum atomic E-state index is 11.5. The first-order valence-corrected chi connectivity index (χ1v) is 4.91. The first-order valence-electron chi connectivity index (χ1n) is 4.53. The van der Waals surface area contributed by atoms with Crippen LogP contribution in [-0.2, 0) is 0 Å². The van der Waals surface area contributed by atoms with Gasteiger partial charge in [-0.2, -0.15) is 0 Å². The summed E-state index contributed by atoms with van der Waals surface area (Å²) in [4.78, 5) is 11.5. The molecule has 0 fully saturated rings. The average molecular weight is 229 g/mol. The van der Waals surface area contributed by atoms with Gasteiger partial charge in [0.25, 0.3) is 5.91 Å². The Morgan fingerprint density at radius 3 is 2.87 bits per heavy atom. The van der Waals surface area contributed by atoms with Crippen LogP contribution in [0.1, 0.15) is 17.3 Å². The van der Waals surface area contributed by atoms with Gasteiger partial charge in [0.2, 0.25) is 0 Å². The van der Waals surface area contributed by atoms with Crippen LogP contribution in [0.4, 0.5) is 0 Å². The number of carbonyl (C=O) groups excluding carboxylic acids is 1. The molecule has 0 saturated carbocycles. The van der Waals surface area contributed by atoms with Gasteiger partial charge < -0.3 is 16.2 Å². The highest BCUT2D eigenvalue weighted by molar-refractivity contribution is 6.32. The number of hydrogen-bond acceptors (Lipinski definition) is 3. The molecule has 1 aromatic carbocycles. The lowest BCUT2D eigenvalue weighted by atomic mass is 10.2. The molecule has 0 spiro atoms. The Kier molecular flexibility index (Phi) is 3.94. The molecule has 82 valence electrons. The number of phenolic OH excluding ortho intramolecular Hbond substituents is 1. The zero-order valence-corrected chi connectivity index (χ0v) is 9.08. The molecule has 0 bridgehead atoms. The third-order valence-corrected chi connectivity index (χ3v) is 2.10. The smallest absolute Gasteiger partial charge is 0.251 e. The molecule has 1 aromatic rings. The first kappa shape index (κ1) is 11.8. The SMILES string of the molecule is CC(N)CNC(=O)c1ccc(O)c(Cl)c1. The molecule has 0 radical (unpaired) electrons. The van der Waals surface area contributed by atoms with Gasteiger partial charge in [-0.05, 0) is 25.1 Å². The standard InChI is InChI=1S/C10H13ClN2O2/c1-6(12)5-13-10(15)7-2-3-9(14)8(11)4-7/h2-4,6,14H,5,12H2,1H3,(H,13,15). The molecule has 0 aromatic heterocycles. The van der Waals surface area contributed by atoms with E-state index in [1.54, 1.807) is 6.92 Å². The molecule has 5 heteroatoms. The average Bonchev–Trinajstić information content (AvgIpc) is 2.18. The van der Waals surface area contributed by atoms with Crippen molar-refractivity contribution < 1.29 is 9.90 Å². The summed E-state index contributed by atoms with van der Waals surface area (Å²) in [6, 6.07) is 4.19. The van der Waals surface area contributed by atoms with Crippen LogP contribution >= 0.6 is 11.6 Å². The highest BCUT2D eigenvalue weighted by atomic mass is 35.5. The van der Waals surface area contributed by atoms with Crippen LogP contribution in [0.2, 0.25) is 5.02 Å². The normalized spacial score (nSPS) is 12.2. The third kappa shape index (κ3) is 3.42. The number of benzene rings is 1. The molecule has 15 heavy (non-hydrogen) atoms. The molecular formula is C10H13ClN2O2. The van der Waals surface area contributed by atoms with E-state index in [0.29, 0.717) is 12.1 Å². The van der Waals surface area contributed by atoms with Crippen molar-refractivity contribution in [3.05, 3.63) is 28.8 Å². The van der Waals surface area contributed by atoms with Gasteiger partial charge in [-0.1, -0.05) is 11.6 Å². The van der Waals surface area contributed by atoms with Crippen molar-refractivity contribution in [3.63, 3.8) is 0 Å². The fourth-order valence-corrected chi connectivity index (χ4v) is 1.18. The second-order valence-corrected chi connectivity index (χ2v) is 3.76. The number of halogens is 1. The monoisotopic (exact) mass is 228 g/mol. The first-order chi connectivity index (χ1) is 7.00. The molecular weight excluding hydrogens is 216 g/mol. The van der Waals surface area contributed by atoms with Gasteiger partial charge in [0.1, 0.15) is 5.75 Å². The minimum absolute atomic E-state index is 0.0413. The summed E-state index contributed by atoms with van der Waals surface area (Å²) < 4.78 is 0. The van der Waals surface area contributed by atoms with Crippen molar-refractivity contribution in [2.45, 2.75) is 13.0 Å². The predicted molar refractivity (Wildman–Crippen MR) is 59.1 cm³/mol. The van der Waals surface area contributed by atoms with Crippen LogP contribution < -0.4 is 11.1 Å². The Morgan fingerprint density at radius 1 is 1.67 bits per heavy atom. The summed E-state index contributed by atoms with van der Waals surface area (Å²) in [6.07, 6.45) is 0. The lowest BCUT2D eigenvalue weighted by Crippen LogP contribution is -2.35. The molecule has 4 N–H and O–H groups in total. The van der Waals surface area contributed by atoms with E-state index in [9.17, 15) is 4.79 Å². The van der Waals surface area contributed by atoms with E-state index in [0.717, 1.165) is 0 Å². The van der Waals surface area contributed by atoms with Crippen LogP contribution in [0.5, 0.6) is 5.75 Å². The molecule has 1 atom stereocenters. The molecule has 0 heterocycles. The van der Waals surface area contributed by atoms with Gasteiger partial charge in [-0.3, -0.25) is 4.79 Å². The molecule has 4 nitrogen and oxygen atoms in total. The second kappa shape index (κ2) is 5.00. The highest BCUT2D eigenvalue weighted by Crippen LogP contribution is 2.23. The highest BCUT2D eigenvalue weighted by Gasteiger charge is 2.08. The van der Waals surface area contributed by atoms with Gasteiger partial charge in [-0.25, -0.2) is 0 Å². The molecule has 1 rings (SSSR count). The van der Waals surface area contributed by atoms with E-state index in [-0.39, 0.29) is 22.7 Å². The topological polar surface area (TPSA) is 75.3 Å². The van der Waals surface area contributed by atoms with E-state index in [4.69, 9.17) is 22.4 Å². The van der Waals surface area contributed by atoms with Crippen LogP contribution in [0.25, 0.3) is 0 Å². The summed E-state index contributed by atoms with van der Waals surface area (Å²) in [5.74, 6) is -0.297. The van der Waals surface area contributed by atoms with Gasteiger partial charge in [0, 0.05) is 18.2 Å². The fourth-order valence-electron chi connectivity index (χ4n) is 1.00. The maximum absolute atomic E-state index is 11.5. The third-order valence-electron chi connectivity index (χ3n) is 1.79. The lowest BCUT2D eigenvalue weighted by molar-refractivity contribution is 0.0951. The lowest BCUT2D eigenvalue weighted by Gasteiger charge is -2.08. The van der Waals surface area contributed by atoms with Crippen LogP contribution in [-0.4, -0.2) is 23.6 Å². The summed E-state index contributed by atoms with van der Waals surface area (Å²) in [7, 11) is 0. The molecule has 0 aliphatic rings. The molecule has 1 amide bonds. The summed E-state index contributed by atoms with van der Waals surface area (Å²) in [6.45, 7) is 2.20. The number of nitrogens with two attached hydrogens (primary N) is 1. The zero-order valence-electron chi connectivity index (χ0n) is 8.33. The molecule has 0 aliphatic heterocycles. The Balaban J connectivity index is 2.70. The Hall–Kier alpha value is -1.26. The molecule has 0 saturated heterocycles. The van der Waals surface area contributed by atoms with Crippen LogP contribution in [0.3, 0.4) is 0 Å². The number of phenols is 1. The van der Waals surface area contributed by atoms with Gasteiger partial charge in [0.05, 0.1) is 5.02 Å². The Morgan fingerprint density at radius 2 is 2.33 bits per heavy atom. The molecule has 1 unspecified atom stereocenters. The van der Waals surface area contributed by atoms with Gasteiger partial charge in [0.15, 0.2) is 0 Å². The number of nitrogens with one attached hydrogen (secondary N) is 1. The number of hydrogen-bond donors (Lipinski definition) is 3. The zero-order chi connectivity index (χ0) is 11.4. The predicted octanol–water partition coefficient (Wildman–Crippen LogP) is 1.12. The van der Waals surface area contributed by atoms with E-state index >= 15 is 0 Å². The van der Waals surface area contributed by atoms with Crippen molar-refractivity contribution in [2.24, 2.45) is 5.73 Å². The van der Waals surface area contributed by atoms with Crippen LogP contribution in [0, 0.1) is 0 Å². The van der Waals surface area contributed by atoms with E-state index in [1.807, 2.05) is 0 Å². The Bertz CT molecular complexity index is 366. The number of rotatable bonds is 3. The van der Waals surface area contributed by atoms with Crippen molar-refractivity contribution in [1.29, 1.82) is 0 Å². The van der Waals surface area contributed by atoms with Crippen molar-refractivity contribution >= 4 is 17.5 Å². The van der Waals surface area contributed by atoms with E-state index in [2.05, 4.69) is 5.32 Å². The maximum Gasteiger partial charge on any atom is 0.251 e. The summed E-state index contributed by atoms with van der Waals surface area (Å²) in [5.41, 5.74) is 5.89. The van der Waals surface area contributed by atoms with Crippen LogP contribution in [0.15, 0.2) is 18.2 Å². The minimum atomic E-state index is -0.255. The van der Waals surface area contributed by atoms with Crippen molar-refractivity contribution in [1.82, 2.24) is 5.32 Å². The Labute approximate surface area is 93.0 Å². The van der Waals surface area contributed by atoms with E-state index < -0.39 is 0 Å². The number of carbonyl (C=O) groups is 1. The molecule has 0 aliphatic carbocycles. The summed E-state index contributed by atoms with van der Waals surface area (Å²) >= 11 is 5.67. The van der Waals surface area contributed by atoms with Crippen molar-refractivity contribution in [3.8, 4) is 5.75 Å². The largest absolute Gasteiger partial charge is 0.506 e. The fraction of sp³-hybridized carbons (Fsp3) is 0.300. The minimum Gasteiger partial charge on any atom is -0.506 e. The van der Waals surface area contributed by atoms with Crippen molar-refractivity contribution in [2.75, 3.05) is 6.54 Å². The van der Waals surface area contributed by atoms with E-state index in [1.165, 1.54) is 18.2 Å². The summed E-state index contributed by atoms with van der Waals surface area (Å²) in [5, 5.41) is 12.0. The number of aromatic hydroxyl groups is 1. The van der Waals surface area contributed by atoms with Gasteiger partial charge in [-0.15, -0.1) is 0 Å².